The van der Waals surface area contributed by atoms with Crippen LogP contribution >= 0.6 is 27.5 Å². The molecule has 35 heavy (non-hydrogen) atoms. The maximum atomic E-state index is 12.7. The highest BCUT2D eigenvalue weighted by atomic mass is 79.9. The van der Waals surface area contributed by atoms with Crippen LogP contribution in [0, 0.1) is 6.92 Å². The van der Waals surface area contributed by atoms with Crippen molar-refractivity contribution in [3.63, 3.8) is 0 Å². The van der Waals surface area contributed by atoms with Crippen LogP contribution < -0.4 is 15.5 Å². The molecule has 2 aromatic rings. The predicted molar refractivity (Wildman–Crippen MR) is 139 cm³/mol. The number of nitrogens with one attached hydrogen (secondary N) is 3. The molecule has 0 atom stereocenters. The van der Waals surface area contributed by atoms with E-state index in [4.69, 9.17) is 16.3 Å². The lowest BCUT2D eigenvalue weighted by Gasteiger charge is -2.33. The first-order valence-electron chi connectivity index (χ1n) is 12.1. The fraction of sp³-hybridized carbons (Fsp3) is 0.542. The Balaban J connectivity index is 1.26. The van der Waals surface area contributed by atoms with E-state index in [0.717, 1.165) is 62.3 Å². The van der Waals surface area contributed by atoms with Crippen LogP contribution in [0.15, 0.2) is 22.7 Å². The number of nitrogens with zero attached hydrogens (tertiary/aromatic N) is 3. The Hall–Kier alpha value is -2.14. The molecule has 11 heteroatoms. The molecule has 0 spiro atoms. The Morgan fingerprint density at radius 3 is 2.60 bits per heavy atom. The van der Waals surface area contributed by atoms with Crippen molar-refractivity contribution >= 4 is 45.2 Å². The molecule has 4 heterocycles. The molecule has 2 aliphatic heterocycles. The van der Waals surface area contributed by atoms with Crippen molar-refractivity contribution in [1.29, 1.82) is 0 Å². The summed E-state index contributed by atoms with van der Waals surface area (Å²) in [5, 5.41) is 6.39. The van der Waals surface area contributed by atoms with Crippen molar-refractivity contribution in [2.45, 2.75) is 32.2 Å². The summed E-state index contributed by atoms with van der Waals surface area (Å²) in [5.41, 5.74) is 1.98. The van der Waals surface area contributed by atoms with Crippen molar-refractivity contribution in [3.8, 4) is 0 Å². The van der Waals surface area contributed by atoms with Gasteiger partial charge in [0.1, 0.15) is 16.7 Å². The van der Waals surface area contributed by atoms with Gasteiger partial charge < -0.3 is 25.3 Å². The number of ether oxygens (including phenoxy) is 1. The van der Waals surface area contributed by atoms with Crippen LogP contribution in [0.2, 0.25) is 5.15 Å². The molecule has 2 fully saturated rings. The average Bonchev–Trinajstić information content (AvgIpc) is 3.20. The van der Waals surface area contributed by atoms with Gasteiger partial charge in [-0.1, -0.05) is 11.6 Å². The number of anilines is 1. The van der Waals surface area contributed by atoms with Gasteiger partial charge in [-0.3, -0.25) is 14.5 Å². The largest absolute Gasteiger partial charge is 0.379 e. The van der Waals surface area contributed by atoms with E-state index in [9.17, 15) is 9.59 Å². The summed E-state index contributed by atoms with van der Waals surface area (Å²) < 4.78 is 6.26. The lowest BCUT2D eigenvalue weighted by atomic mass is 10.0. The van der Waals surface area contributed by atoms with Gasteiger partial charge in [0.25, 0.3) is 11.8 Å². The Morgan fingerprint density at radius 1 is 1.17 bits per heavy atom. The van der Waals surface area contributed by atoms with Crippen molar-refractivity contribution in [1.82, 2.24) is 25.5 Å². The standard InChI is InChI=1S/C24H32BrClN6O3/c1-16-19(25)15-20(28-16)24(34)29-18-3-7-32(8-4-18)22-14-17(13-21(26)30-22)23(33)27-5-2-6-31-9-11-35-12-10-31/h13-15,18,28H,2-12H2,1H3,(H,27,33)(H,29,34). The molecule has 2 amide bonds. The topological polar surface area (TPSA) is 103 Å². The number of halogens is 2. The molecule has 2 saturated heterocycles. The second-order valence-electron chi connectivity index (χ2n) is 8.99. The van der Waals surface area contributed by atoms with E-state index in [0.29, 0.717) is 41.9 Å². The minimum atomic E-state index is -0.146. The summed E-state index contributed by atoms with van der Waals surface area (Å²) in [6.45, 7) is 8.33. The van der Waals surface area contributed by atoms with Crippen LogP contribution in [-0.4, -0.2) is 85.2 Å². The highest BCUT2D eigenvalue weighted by molar-refractivity contribution is 9.10. The van der Waals surface area contributed by atoms with E-state index in [1.165, 1.54) is 0 Å². The molecule has 0 bridgehead atoms. The van der Waals surface area contributed by atoms with E-state index < -0.39 is 0 Å². The first kappa shape index (κ1) is 25.9. The number of hydrogen-bond acceptors (Lipinski definition) is 6. The highest BCUT2D eigenvalue weighted by Crippen LogP contribution is 2.23. The van der Waals surface area contributed by atoms with Crippen molar-refractivity contribution in [2.75, 3.05) is 57.4 Å². The molecule has 0 unspecified atom stereocenters. The average molecular weight is 568 g/mol. The van der Waals surface area contributed by atoms with Gasteiger partial charge in [-0.15, -0.1) is 0 Å². The number of morpholine rings is 1. The van der Waals surface area contributed by atoms with Crippen LogP contribution in [0.25, 0.3) is 0 Å². The van der Waals surface area contributed by atoms with E-state index in [1.807, 2.05) is 6.92 Å². The maximum absolute atomic E-state index is 12.7. The molecule has 190 valence electrons. The molecule has 0 saturated carbocycles. The van der Waals surface area contributed by atoms with E-state index >= 15 is 0 Å². The SMILES string of the molecule is Cc1[nH]c(C(=O)NC2CCN(c3cc(C(=O)NCCCN4CCOCC4)cc(Cl)n3)CC2)cc1Br. The Bertz CT molecular complexity index is 1010. The number of rotatable bonds is 8. The summed E-state index contributed by atoms with van der Waals surface area (Å²) in [5.74, 6) is 0.433. The number of aromatic nitrogens is 2. The lowest BCUT2D eigenvalue weighted by molar-refractivity contribution is 0.0374. The highest BCUT2D eigenvalue weighted by Gasteiger charge is 2.24. The summed E-state index contributed by atoms with van der Waals surface area (Å²) in [7, 11) is 0. The Kier molecular flexibility index (Phi) is 9.04. The van der Waals surface area contributed by atoms with Gasteiger partial charge in [0.2, 0.25) is 0 Å². The van der Waals surface area contributed by atoms with Gasteiger partial charge in [-0.05, 0) is 66.9 Å². The first-order valence-corrected chi connectivity index (χ1v) is 13.2. The number of hydrogen-bond donors (Lipinski definition) is 3. The summed E-state index contributed by atoms with van der Waals surface area (Å²) >= 11 is 9.68. The molecule has 3 N–H and O–H groups in total. The second kappa shape index (κ2) is 12.2. The van der Waals surface area contributed by atoms with Gasteiger partial charge in [-0.2, -0.15) is 0 Å². The molecule has 2 aromatic heterocycles. The third-order valence-corrected chi connectivity index (χ3v) is 7.45. The Labute approximate surface area is 219 Å². The number of aromatic amines is 1. The third-order valence-electron chi connectivity index (χ3n) is 6.43. The lowest BCUT2D eigenvalue weighted by Crippen LogP contribution is -2.45. The number of carbonyl (C=O) groups is 2. The van der Waals surface area contributed by atoms with Crippen molar-refractivity contribution in [2.24, 2.45) is 0 Å². The number of carbonyl (C=O) groups excluding carboxylic acids is 2. The number of piperidine rings is 1. The van der Waals surface area contributed by atoms with Gasteiger partial charge >= 0.3 is 0 Å². The van der Waals surface area contributed by atoms with Gasteiger partial charge in [-0.25, -0.2) is 4.98 Å². The minimum absolute atomic E-state index is 0.0783. The zero-order valence-corrected chi connectivity index (χ0v) is 22.3. The molecule has 4 rings (SSSR count). The molecule has 9 nitrogen and oxygen atoms in total. The van der Waals surface area contributed by atoms with Crippen molar-refractivity contribution in [3.05, 3.63) is 44.8 Å². The van der Waals surface area contributed by atoms with E-state index in [2.05, 4.69) is 46.3 Å². The van der Waals surface area contributed by atoms with Gasteiger partial charge in [0.15, 0.2) is 0 Å². The second-order valence-corrected chi connectivity index (χ2v) is 10.2. The zero-order chi connectivity index (χ0) is 24.8. The molecular weight excluding hydrogens is 536 g/mol. The molecule has 0 aliphatic carbocycles. The van der Waals surface area contributed by atoms with E-state index in [1.54, 1.807) is 18.2 Å². The summed E-state index contributed by atoms with van der Waals surface area (Å²) in [4.78, 5) is 37.2. The van der Waals surface area contributed by atoms with Crippen molar-refractivity contribution < 1.29 is 14.3 Å². The third kappa shape index (κ3) is 7.19. The smallest absolute Gasteiger partial charge is 0.267 e. The van der Waals surface area contributed by atoms with Crippen LogP contribution in [0.3, 0.4) is 0 Å². The number of amides is 2. The maximum Gasteiger partial charge on any atom is 0.267 e. The Morgan fingerprint density at radius 2 is 1.91 bits per heavy atom. The minimum Gasteiger partial charge on any atom is -0.379 e. The number of pyridine rings is 1. The monoisotopic (exact) mass is 566 g/mol. The van der Waals surface area contributed by atoms with Gasteiger partial charge in [0.05, 0.1) is 13.2 Å². The molecule has 0 radical (unpaired) electrons. The molecular formula is C24H32BrClN6O3. The van der Waals surface area contributed by atoms with Crippen LogP contribution in [-0.2, 0) is 4.74 Å². The van der Waals surface area contributed by atoms with Gasteiger partial charge in [0, 0.05) is 54.5 Å². The summed E-state index contributed by atoms with van der Waals surface area (Å²) in [6.07, 6.45) is 2.45. The predicted octanol–water partition coefficient (Wildman–Crippen LogP) is 2.98. The normalized spacial score (nSPS) is 17.4. The number of H-pyrrole nitrogens is 1. The summed E-state index contributed by atoms with van der Waals surface area (Å²) in [6, 6.07) is 5.27. The fourth-order valence-electron chi connectivity index (χ4n) is 4.38. The fourth-order valence-corrected chi connectivity index (χ4v) is 4.91. The van der Waals surface area contributed by atoms with Crippen LogP contribution in [0.5, 0.6) is 0 Å². The van der Waals surface area contributed by atoms with Crippen LogP contribution in [0.1, 0.15) is 45.8 Å². The first-order chi connectivity index (χ1) is 16.9. The molecule has 0 aromatic carbocycles. The van der Waals surface area contributed by atoms with E-state index in [-0.39, 0.29) is 17.9 Å². The number of aryl methyl sites for hydroxylation is 1. The quantitative estimate of drug-likeness (QED) is 0.335. The molecule has 2 aliphatic rings. The zero-order valence-electron chi connectivity index (χ0n) is 19.9. The van der Waals surface area contributed by atoms with Crippen LogP contribution in [0.4, 0.5) is 5.82 Å².